The summed E-state index contributed by atoms with van der Waals surface area (Å²) in [5.74, 6) is 1.80. The van der Waals surface area contributed by atoms with E-state index in [1.165, 1.54) is 32.3 Å². The van der Waals surface area contributed by atoms with E-state index >= 15 is 0 Å². The minimum Gasteiger partial charge on any atom is -0.456 e. The van der Waals surface area contributed by atoms with Gasteiger partial charge in [0.1, 0.15) is 11.2 Å². The first kappa shape index (κ1) is 31.1. The van der Waals surface area contributed by atoms with Crippen molar-refractivity contribution in [2.75, 3.05) is 0 Å². The molecule has 0 atom stereocenters. The van der Waals surface area contributed by atoms with Gasteiger partial charge in [-0.05, 0) is 66.7 Å². The Bertz CT molecular complexity index is 3270. The summed E-state index contributed by atoms with van der Waals surface area (Å²) in [4.78, 5) is 15.9. The van der Waals surface area contributed by atoms with Crippen molar-refractivity contribution in [1.29, 1.82) is 0 Å². The monoisotopic (exact) mass is 701 g/mol. The topological polar surface area (TPSA) is 51.8 Å². The normalized spacial score (nSPS) is 11.6. The van der Waals surface area contributed by atoms with Crippen LogP contribution in [-0.2, 0) is 0 Å². The Morgan fingerprint density at radius 1 is 0.273 bits per heavy atom. The fourth-order valence-corrected chi connectivity index (χ4v) is 8.26. The number of benzene rings is 9. The Kier molecular flexibility index (Phi) is 7.14. The van der Waals surface area contributed by atoms with Crippen molar-refractivity contribution >= 4 is 54.3 Å². The largest absolute Gasteiger partial charge is 0.456 e. The molecular weight excluding hydrogens is 671 g/mol. The van der Waals surface area contributed by atoms with E-state index in [1.54, 1.807) is 0 Å². The number of nitrogens with zero attached hydrogens (tertiary/aromatic N) is 3. The average molecular weight is 702 g/mol. The lowest BCUT2D eigenvalue weighted by Crippen LogP contribution is -2.02. The molecule has 256 valence electrons. The van der Waals surface area contributed by atoms with Gasteiger partial charge in [-0.3, -0.25) is 0 Å². The standard InChI is InChI=1S/C51H31N3O/c1-2-14-32(15-3-1)35-17-6-8-20-41(35)49-52-50(54-51(53-49)44-25-13-27-46-48(44)43-22-10-11-26-45(43)55-46)42-21-9-7-19-38(42)37-23-12-24-40-39(37)31-30-34-29-28-33-16-4-5-18-36(33)47(34)40/h1-31H. The van der Waals surface area contributed by atoms with Gasteiger partial charge in [-0.2, -0.15) is 0 Å². The highest BCUT2D eigenvalue weighted by Crippen LogP contribution is 2.42. The molecule has 11 rings (SSSR count). The predicted octanol–water partition coefficient (Wildman–Crippen LogP) is 13.6. The van der Waals surface area contributed by atoms with Crippen LogP contribution < -0.4 is 0 Å². The molecule has 0 bridgehead atoms. The van der Waals surface area contributed by atoms with Gasteiger partial charge in [0, 0.05) is 27.5 Å². The maximum absolute atomic E-state index is 6.33. The fraction of sp³-hybridized carbons (Fsp3) is 0. The molecule has 0 radical (unpaired) electrons. The summed E-state index contributed by atoms with van der Waals surface area (Å²) < 4.78 is 6.33. The fourth-order valence-electron chi connectivity index (χ4n) is 8.26. The maximum Gasteiger partial charge on any atom is 0.164 e. The summed E-state index contributed by atoms with van der Waals surface area (Å²) in [7, 11) is 0. The van der Waals surface area contributed by atoms with Crippen molar-refractivity contribution in [3.8, 4) is 56.4 Å². The molecule has 11 aromatic rings. The van der Waals surface area contributed by atoms with E-state index < -0.39 is 0 Å². The Hall–Kier alpha value is -7.43. The number of furan rings is 1. The van der Waals surface area contributed by atoms with Crippen LogP contribution >= 0.6 is 0 Å². The Labute approximate surface area is 317 Å². The molecule has 9 aromatic carbocycles. The van der Waals surface area contributed by atoms with Crippen LogP contribution in [0.15, 0.2) is 192 Å². The average Bonchev–Trinajstić information content (AvgIpc) is 3.65. The molecular formula is C51H31N3O. The molecule has 0 unspecified atom stereocenters. The van der Waals surface area contributed by atoms with Crippen LogP contribution in [0.1, 0.15) is 0 Å². The molecule has 2 heterocycles. The third-order valence-corrected chi connectivity index (χ3v) is 10.8. The van der Waals surface area contributed by atoms with Gasteiger partial charge in [-0.1, -0.05) is 176 Å². The van der Waals surface area contributed by atoms with E-state index in [1.807, 2.05) is 42.5 Å². The van der Waals surface area contributed by atoms with Gasteiger partial charge >= 0.3 is 0 Å². The first-order chi connectivity index (χ1) is 27.3. The van der Waals surface area contributed by atoms with Gasteiger partial charge in [-0.15, -0.1) is 0 Å². The van der Waals surface area contributed by atoms with Crippen LogP contribution in [0.5, 0.6) is 0 Å². The zero-order valence-corrected chi connectivity index (χ0v) is 29.6. The van der Waals surface area contributed by atoms with E-state index in [4.69, 9.17) is 19.4 Å². The van der Waals surface area contributed by atoms with Crippen LogP contribution in [-0.4, -0.2) is 15.0 Å². The van der Waals surface area contributed by atoms with Crippen LogP contribution in [0.2, 0.25) is 0 Å². The number of para-hydroxylation sites is 1. The molecule has 0 aliphatic heterocycles. The Morgan fingerprint density at radius 2 is 0.800 bits per heavy atom. The molecule has 0 amide bonds. The summed E-state index contributed by atoms with van der Waals surface area (Å²) in [6, 6.07) is 65.7. The summed E-state index contributed by atoms with van der Waals surface area (Å²) in [5, 5.41) is 9.37. The number of hydrogen-bond donors (Lipinski definition) is 0. The van der Waals surface area contributed by atoms with E-state index in [0.717, 1.165) is 60.9 Å². The quantitative estimate of drug-likeness (QED) is 0.168. The van der Waals surface area contributed by atoms with Crippen LogP contribution in [0.25, 0.3) is 111 Å². The van der Waals surface area contributed by atoms with Crippen molar-refractivity contribution in [2.24, 2.45) is 0 Å². The van der Waals surface area contributed by atoms with Crippen LogP contribution in [0.3, 0.4) is 0 Å². The van der Waals surface area contributed by atoms with Crippen molar-refractivity contribution in [3.63, 3.8) is 0 Å². The summed E-state index contributed by atoms with van der Waals surface area (Å²) in [6.07, 6.45) is 0. The second kappa shape index (κ2) is 12.6. The highest BCUT2D eigenvalue weighted by Gasteiger charge is 2.21. The second-order valence-corrected chi connectivity index (χ2v) is 13.9. The van der Waals surface area contributed by atoms with Crippen molar-refractivity contribution in [1.82, 2.24) is 15.0 Å². The number of rotatable bonds is 5. The first-order valence-corrected chi connectivity index (χ1v) is 18.5. The maximum atomic E-state index is 6.33. The molecule has 0 saturated carbocycles. The molecule has 0 N–H and O–H groups in total. The minimum absolute atomic E-state index is 0.588. The number of hydrogen-bond acceptors (Lipinski definition) is 4. The molecule has 0 fully saturated rings. The smallest absolute Gasteiger partial charge is 0.164 e. The lowest BCUT2D eigenvalue weighted by atomic mass is 9.90. The summed E-state index contributed by atoms with van der Waals surface area (Å²) in [5.41, 5.74) is 8.71. The summed E-state index contributed by atoms with van der Waals surface area (Å²) >= 11 is 0. The van der Waals surface area contributed by atoms with E-state index in [2.05, 4.69) is 146 Å². The summed E-state index contributed by atoms with van der Waals surface area (Å²) in [6.45, 7) is 0. The SMILES string of the molecule is c1ccc(-c2ccccc2-c2nc(-c3ccccc3-c3cccc4c3ccc3ccc5ccccc5c34)nc(-c3cccc4oc5ccccc5c34)n2)cc1. The zero-order chi connectivity index (χ0) is 36.3. The van der Waals surface area contributed by atoms with E-state index in [0.29, 0.717) is 17.5 Å². The molecule has 4 nitrogen and oxygen atoms in total. The van der Waals surface area contributed by atoms with Gasteiger partial charge in [0.15, 0.2) is 17.5 Å². The van der Waals surface area contributed by atoms with Crippen molar-refractivity contribution in [2.45, 2.75) is 0 Å². The predicted molar refractivity (Wildman–Crippen MR) is 227 cm³/mol. The molecule has 0 aliphatic rings. The molecule has 4 heteroatoms. The van der Waals surface area contributed by atoms with Crippen molar-refractivity contribution in [3.05, 3.63) is 188 Å². The molecule has 0 spiro atoms. The van der Waals surface area contributed by atoms with Gasteiger partial charge in [0.25, 0.3) is 0 Å². The number of fused-ring (bicyclic) bond motifs is 8. The molecule has 2 aromatic heterocycles. The highest BCUT2D eigenvalue weighted by molar-refractivity contribution is 6.22. The molecule has 0 saturated heterocycles. The van der Waals surface area contributed by atoms with Gasteiger partial charge in [0.2, 0.25) is 0 Å². The van der Waals surface area contributed by atoms with Gasteiger partial charge in [0.05, 0.1) is 0 Å². The van der Waals surface area contributed by atoms with E-state index in [9.17, 15) is 0 Å². The third-order valence-electron chi connectivity index (χ3n) is 10.8. The van der Waals surface area contributed by atoms with E-state index in [-0.39, 0.29) is 0 Å². The third kappa shape index (κ3) is 5.11. The van der Waals surface area contributed by atoms with Crippen LogP contribution in [0, 0.1) is 0 Å². The second-order valence-electron chi connectivity index (χ2n) is 13.9. The van der Waals surface area contributed by atoms with Crippen LogP contribution in [0.4, 0.5) is 0 Å². The Morgan fingerprint density at radius 3 is 1.62 bits per heavy atom. The Balaban J connectivity index is 1.18. The van der Waals surface area contributed by atoms with Gasteiger partial charge in [-0.25, -0.2) is 15.0 Å². The minimum atomic E-state index is 0.588. The lowest BCUT2D eigenvalue weighted by Gasteiger charge is -2.16. The lowest BCUT2D eigenvalue weighted by molar-refractivity contribution is 0.669. The first-order valence-electron chi connectivity index (χ1n) is 18.5. The molecule has 55 heavy (non-hydrogen) atoms. The number of aromatic nitrogens is 3. The zero-order valence-electron chi connectivity index (χ0n) is 29.6. The van der Waals surface area contributed by atoms with Crippen molar-refractivity contribution < 1.29 is 4.42 Å². The molecule has 0 aliphatic carbocycles. The van der Waals surface area contributed by atoms with Gasteiger partial charge < -0.3 is 4.42 Å². The highest BCUT2D eigenvalue weighted by atomic mass is 16.3.